The van der Waals surface area contributed by atoms with Crippen LogP contribution in [0.4, 0.5) is 0 Å². The molecule has 0 fully saturated rings. The average Bonchev–Trinajstić information content (AvgIpc) is 3.28. The first kappa shape index (κ1) is 27.7. The van der Waals surface area contributed by atoms with Gasteiger partial charge in [0.05, 0.1) is 31.6 Å². The first-order valence-corrected chi connectivity index (χ1v) is 14.1. The third-order valence-corrected chi connectivity index (χ3v) is 7.72. The fourth-order valence-electron chi connectivity index (χ4n) is 5.38. The highest BCUT2D eigenvalue weighted by Gasteiger charge is 2.31. The van der Waals surface area contributed by atoms with E-state index in [2.05, 4.69) is 43.4 Å². The van der Waals surface area contributed by atoms with Crippen molar-refractivity contribution in [2.75, 3.05) is 26.4 Å². The Morgan fingerprint density at radius 1 is 0.925 bits per heavy atom. The Morgan fingerprint density at radius 2 is 1.57 bits per heavy atom. The van der Waals surface area contributed by atoms with Gasteiger partial charge in [-0.15, -0.1) is 0 Å². The van der Waals surface area contributed by atoms with Gasteiger partial charge >= 0.3 is 5.97 Å². The molecule has 0 saturated carbocycles. The van der Waals surface area contributed by atoms with Crippen LogP contribution in [0.3, 0.4) is 0 Å². The molecule has 1 amide bonds. The van der Waals surface area contributed by atoms with Crippen LogP contribution in [0.2, 0.25) is 0 Å². The molecule has 208 valence electrons. The summed E-state index contributed by atoms with van der Waals surface area (Å²) in [5.41, 5.74) is 5.65. The number of ether oxygens (including phenoxy) is 3. The third kappa shape index (κ3) is 6.62. The van der Waals surface area contributed by atoms with Crippen molar-refractivity contribution in [1.29, 1.82) is 0 Å². The quantitative estimate of drug-likeness (QED) is 0.333. The number of amides is 1. The molecular weight excluding hydrogens is 502 g/mol. The number of nitrogens with one attached hydrogen (secondary N) is 1. The molecule has 0 saturated heterocycles. The van der Waals surface area contributed by atoms with Gasteiger partial charge in [-0.2, -0.15) is 0 Å². The van der Waals surface area contributed by atoms with Crippen LogP contribution in [0.25, 0.3) is 11.1 Å². The van der Waals surface area contributed by atoms with Gasteiger partial charge in [-0.25, -0.2) is 0 Å². The van der Waals surface area contributed by atoms with E-state index >= 15 is 0 Å². The number of carbonyl (C=O) groups is 2. The van der Waals surface area contributed by atoms with Crippen molar-refractivity contribution in [3.05, 3.63) is 102 Å². The molecular formula is C34H37NO5. The monoisotopic (exact) mass is 539 g/mol. The van der Waals surface area contributed by atoms with Gasteiger partial charge in [0, 0.05) is 5.92 Å². The largest absolute Gasteiger partial charge is 0.490 e. The molecule has 3 aliphatic rings. The van der Waals surface area contributed by atoms with Crippen molar-refractivity contribution in [3.8, 4) is 16.9 Å². The Balaban J connectivity index is 1.30. The lowest BCUT2D eigenvalue weighted by molar-refractivity contribution is -0.147. The van der Waals surface area contributed by atoms with E-state index < -0.39 is 5.92 Å². The molecule has 6 nitrogen and oxygen atoms in total. The van der Waals surface area contributed by atoms with Crippen LogP contribution in [-0.2, 0) is 25.5 Å². The number of hydrogen-bond acceptors (Lipinski definition) is 5. The van der Waals surface area contributed by atoms with Crippen LogP contribution in [0.1, 0.15) is 42.9 Å². The van der Waals surface area contributed by atoms with Crippen LogP contribution < -0.4 is 10.1 Å². The number of benzene rings is 3. The Kier molecular flexibility index (Phi) is 8.97. The van der Waals surface area contributed by atoms with Crippen molar-refractivity contribution < 1.29 is 23.8 Å². The maximum Gasteiger partial charge on any atom is 0.306 e. The molecule has 1 N–H and O–H groups in total. The summed E-state index contributed by atoms with van der Waals surface area (Å²) in [6, 6.07) is 24.0. The molecule has 3 aromatic rings. The number of fused-ring (bicyclic) bond motifs is 15. The summed E-state index contributed by atoms with van der Waals surface area (Å²) in [4.78, 5) is 26.8. The zero-order valence-corrected chi connectivity index (χ0v) is 23.2. The van der Waals surface area contributed by atoms with E-state index in [1.165, 1.54) is 11.1 Å². The Bertz CT molecular complexity index is 1300. The van der Waals surface area contributed by atoms with Crippen LogP contribution >= 0.6 is 0 Å². The Labute approximate surface area is 236 Å². The zero-order chi connectivity index (χ0) is 27.9. The standard InChI is InChI=1S/C34H37NO5/c1-23(2)32-22-38-17-7-8-18-39-26-15-13-24(14-16-26)19-25(34(37)35-32)20-33(36)40-21-31-29-11-5-3-9-27(29)28-10-4-6-12-30(28)31/h3-16,23,25,31-32H,17-22H2,1-2H3,(H,35,37)/t25-,32+/m0/s1. The molecule has 6 heteroatoms. The first-order valence-electron chi connectivity index (χ1n) is 14.1. The van der Waals surface area contributed by atoms with Crippen LogP contribution in [0.15, 0.2) is 84.9 Å². The van der Waals surface area contributed by atoms with Crippen molar-refractivity contribution in [1.82, 2.24) is 5.32 Å². The molecule has 0 radical (unpaired) electrons. The molecule has 0 spiro atoms. The smallest absolute Gasteiger partial charge is 0.306 e. The maximum atomic E-state index is 13.5. The average molecular weight is 540 g/mol. The number of carbonyl (C=O) groups excluding carboxylic acids is 2. The topological polar surface area (TPSA) is 73.9 Å². The maximum absolute atomic E-state index is 13.5. The van der Waals surface area contributed by atoms with E-state index in [-0.39, 0.29) is 42.8 Å². The van der Waals surface area contributed by atoms with E-state index in [1.54, 1.807) is 0 Å². The van der Waals surface area contributed by atoms with E-state index in [0.717, 1.165) is 22.4 Å². The van der Waals surface area contributed by atoms with Gasteiger partial charge < -0.3 is 19.5 Å². The summed E-state index contributed by atoms with van der Waals surface area (Å²) >= 11 is 0. The van der Waals surface area contributed by atoms with Crippen LogP contribution in [-0.4, -0.2) is 44.3 Å². The van der Waals surface area contributed by atoms with Gasteiger partial charge in [0.1, 0.15) is 19.0 Å². The SMILES string of the molecule is CC(C)[C@H]1COCC=CCOc2ccc(cc2)C[C@@H](CC(=O)OCC2c3ccccc3-c3ccccc32)C(=O)N1. The van der Waals surface area contributed by atoms with Crippen molar-refractivity contribution in [2.45, 2.75) is 38.6 Å². The van der Waals surface area contributed by atoms with Gasteiger partial charge in [0.2, 0.25) is 5.91 Å². The van der Waals surface area contributed by atoms with Crippen LogP contribution in [0.5, 0.6) is 5.75 Å². The Morgan fingerprint density at radius 3 is 2.25 bits per heavy atom. The van der Waals surface area contributed by atoms with Gasteiger partial charge in [-0.1, -0.05) is 80.6 Å². The fraction of sp³-hybridized carbons (Fsp3) is 0.353. The zero-order valence-electron chi connectivity index (χ0n) is 23.2. The lowest BCUT2D eigenvalue weighted by Gasteiger charge is -2.25. The second-order valence-corrected chi connectivity index (χ2v) is 10.8. The molecule has 0 aromatic heterocycles. The minimum Gasteiger partial charge on any atom is -0.490 e. The normalized spacial score (nSPS) is 19.5. The minimum atomic E-state index is -0.573. The van der Waals surface area contributed by atoms with Gasteiger partial charge in [0.15, 0.2) is 0 Å². The summed E-state index contributed by atoms with van der Waals surface area (Å²) in [5, 5.41) is 3.15. The molecule has 3 aromatic carbocycles. The highest BCUT2D eigenvalue weighted by molar-refractivity contribution is 5.84. The predicted octanol–water partition coefficient (Wildman–Crippen LogP) is 5.70. The molecule has 2 bridgehead atoms. The summed E-state index contributed by atoms with van der Waals surface area (Å²) in [6.07, 6.45) is 4.25. The lowest BCUT2D eigenvalue weighted by atomic mass is 9.94. The highest BCUT2D eigenvalue weighted by Crippen LogP contribution is 2.44. The predicted molar refractivity (Wildman–Crippen MR) is 155 cm³/mol. The fourth-order valence-corrected chi connectivity index (χ4v) is 5.38. The van der Waals surface area contributed by atoms with E-state index in [1.807, 2.05) is 60.7 Å². The summed E-state index contributed by atoms with van der Waals surface area (Å²) < 4.78 is 17.4. The molecule has 2 aliphatic heterocycles. The molecule has 2 heterocycles. The summed E-state index contributed by atoms with van der Waals surface area (Å²) in [5.74, 6) is -0.219. The van der Waals surface area contributed by atoms with Gasteiger partial charge in [0.25, 0.3) is 0 Å². The van der Waals surface area contributed by atoms with E-state index in [4.69, 9.17) is 14.2 Å². The molecule has 2 atom stereocenters. The van der Waals surface area contributed by atoms with Crippen molar-refractivity contribution in [2.24, 2.45) is 11.8 Å². The summed E-state index contributed by atoms with van der Waals surface area (Å²) in [7, 11) is 0. The number of rotatable bonds is 5. The van der Waals surface area contributed by atoms with Crippen LogP contribution in [0, 0.1) is 11.8 Å². The first-order chi connectivity index (χ1) is 19.5. The van der Waals surface area contributed by atoms with Gasteiger partial charge in [-0.05, 0) is 58.4 Å². The van der Waals surface area contributed by atoms with E-state index in [9.17, 15) is 9.59 Å². The lowest BCUT2D eigenvalue weighted by Crippen LogP contribution is -2.45. The number of hydrogen-bond donors (Lipinski definition) is 1. The molecule has 1 aliphatic carbocycles. The minimum absolute atomic E-state index is 0.00545. The van der Waals surface area contributed by atoms with Crippen molar-refractivity contribution in [3.63, 3.8) is 0 Å². The number of esters is 1. The highest BCUT2D eigenvalue weighted by atomic mass is 16.5. The van der Waals surface area contributed by atoms with E-state index in [0.29, 0.717) is 26.2 Å². The van der Waals surface area contributed by atoms with Gasteiger partial charge in [-0.3, -0.25) is 9.59 Å². The molecule has 0 unspecified atom stereocenters. The third-order valence-electron chi connectivity index (χ3n) is 7.72. The summed E-state index contributed by atoms with van der Waals surface area (Å²) in [6.45, 7) is 5.62. The Hall–Kier alpha value is -3.90. The molecule has 6 rings (SSSR count). The van der Waals surface area contributed by atoms with Crippen molar-refractivity contribution >= 4 is 11.9 Å². The molecule has 40 heavy (non-hydrogen) atoms. The second kappa shape index (κ2) is 13.0. The second-order valence-electron chi connectivity index (χ2n) is 10.8.